The van der Waals surface area contributed by atoms with E-state index in [0.29, 0.717) is 31.1 Å². The van der Waals surface area contributed by atoms with E-state index in [9.17, 15) is 4.79 Å². The van der Waals surface area contributed by atoms with Gasteiger partial charge in [0.05, 0.1) is 0 Å². The van der Waals surface area contributed by atoms with Gasteiger partial charge in [-0.1, -0.05) is 65.8 Å². The van der Waals surface area contributed by atoms with E-state index in [1.807, 2.05) is 60.7 Å². The molecule has 0 fully saturated rings. The van der Waals surface area contributed by atoms with Crippen molar-refractivity contribution < 1.29 is 9.32 Å². The van der Waals surface area contributed by atoms with Crippen LogP contribution < -0.4 is 5.32 Å². The number of hydrogen-bond acceptors (Lipinski definition) is 4. The molecular formula is C20H21N3O2. The molecule has 0 saturated carbocycles. The van der Waals surface area contributed by atoms with Crippen molar-refractivity contribution in [1.29, 1.82) is 0 Å². The van der Waals surface area contributed by atoms with Gasteiger partial charge in [0.2, 0.25) is 17.6 Å². The summed E-state index contributed by atoms with van der Waals surface area (Å²) in [7, 11) is 0. The summed E-state index contributed by atoms with van der Waals surface area (Å²) in [6.45, 7) is 0.608. The molecule has 5 nitrogen and oxygen atoms in total. The summed E-state index contributed by atoms with van der Waals surface area (Å²) < 4.78 is 5.26. The smallest absolute Gasteiger partial charge is 0.227 e. The molecule has 3 rings (SSSR count). The highest BCUT2D eigenvalue weighted by molar-refractivity contribution is 5.76. The van der Waals surface area contributed by atoms with Gasteiger partial charge in [0, 0.05) is 24.9 Å². The zero-order chi connectivity index (χ0) is 17.3. The van der Waals surface area contributed by atoms with Gasteiger partial charge in [-0.2, -0.15) is 4.98 Å². The van der Waals surface area contributed by atoms with Gasteiger partial charge >= 0.3 is 0 Å². The van der Waals surface area contributed by atoms with Crippen molar-refractivity contribution in [2.75, 3.05) is 6.54 Å². The molecule has 1 amide bonds. The van der Waals surface area contributed by atoms with Gasteiger partial charge in [-0.05, 0) is 18.4 Å². The molecule has 5 heteroatoms. The Labute approximate surface area is 147 Å². The SMILES string of the molecule is O=C(CCc1ccccc1)NCCCc1nc(-c2ccccc2)no1. The minimum Gasteiger partial charge on any atom is -0.356 e. The molecule has 25 heavy (non-hydrogen) atoms. The summed E-state index contributed by atoms with van der Waals surface area (Å²) in [5.74, 6) is 1.26. The van der Waals surface area contributed by atoms with Crippen LogP contribution in [0.25, 0.3) is 11.4 Å². The highest BCUT2D eigenvalue weighted by atomic mass is 16.5. The van der Waals surface area contributed by atoms with E-state index in [1.165, 1.54) is 5.56 Å². The molecule has 0 aliphatic rings. The predicted molar refractivity (Wildman–Crippen MR) is 95.8 cm³/mol. The first-order valence-corrected chi connectivity index (χ1v) is 8.50. The van der Waals surface area contributed by atoms with Gasteiger partial charge < -0.3 is 9.84 Å². The Morgan fingerprint density at radius 2 is 1.68 bits per heavy atom. The van der Waals surface area contributed by atoms with E-state index in [4.69, 9.17) is 4.52 Å². The lowest BCUT2D eigenvalue weighted by atomic mass is 10.1. The average Bonchev–Trinajstić information content (AvgIpc) is 3.14. The largest absolute Gasteiger partial charge is 0.356 e. The number of nitrogens with one attached hydrogen (secondary N) is 1. The summed E-state index contributed by atoms with van der Waals surface area (Å²) >= 11 is 0. The van der Waals surface area contributed by atoms with Crippen LogP contribution in [0.2, 0.25) is 0 Å². The molecule has 0 spiro atoms. The Hall–Kier alpha value is -2.95. The van der Waals surface area contributed by atoms with Crippen molar-refractivity contribution in [3.05, 3.63) is 72.1 Å². The van der Waals surface area contributed by atoms with Crippen molar-refractivity contribution in [3.8, 4) is 11.4 Å². The molecule has 0 aliphatic carbocycles. The normalized spacial score (nSPS) is 10.6. The third-order valence-electron chi connectivity index (χ3n) is 3.87. The molecule has 3 aromatic rings. The zero-order valence-corrected chi connectivity index (χ0v) is 14.0. The fraction of sp³-hybridized carbons (Fsp3) is 0.250. The van der Waals surface area contributed by atoms with Crippen LogP contribution in [-0.2, 0) is 17.6 Å². The lowest BCUT2D eigenvalue weighted by Gasteiger charge is -2.04. The van der Waals surface area contributed by atoms with Crippen LogP contribution >= 0.6 is 0 Å². The van der Waals surface area contributed by atoms with Crippen molar-refractivity contribution in [2.24, 2.45) is 0 Å². The number of amides is 1. The second-order valence-corrected chi connectivity index (χ2v) is 5.82. The van der Waals surface area contributed by atoms with Crippen molar-refractivity contribution in [3.63, 3.8) is 0 Å². The van der Waals surface area contributed by atoms with Gasteiger partial charge in [-0.3, -0.25) is 4.79 Å². The number of benzene rings is 2. The molecule has 0 unspecified atom stereocenters. The van der Waals surface area contributed by atoms with Gasteiger partial charge in [0.15, 0.2) is 0 Å². The monoisotopic (exact) mass is 335 g/mol. The van der Waals surface area contributed by atoms with E-state index in [2.05, 4.69) is 15.5 Å². The Morgan fingerprint density at radius 3 is 2.44 bits per heavy atom. The fourth-order valence-corrected chi connectivity index (χ4v) is 2.52. The molecule has 0 bridgehead atoms. The minimum absolute atomic E-state index is 0.0688. The predicted octanol–water partition coefficient (Wildman–Crippen LogP) is 3.42. The summed E-state index contributed by atoms with van der Waals surface area (Å²) in [4.78, 5) is 16.2. The molecule has 0 radical (unpaired) electrons. The van der Waals surface area contributed by atoms with Gasteiger partial charge in [-0.15, -0.1) is 0 Å². The van der Waals surface area contributed by atoms with E-state index < -0.39 is 0 Å². The lowest BCUT2D eigenvalue weighted by molar-refractivity contribution is -0.121. The summed E-state index contributed by atoms with van der Waals surface area (Å²) in [6, 6.07) is 19.7. The molecule has 0 aliphatic heterocycles. The molecule has 2 aromatic carbocycles. The van der Waals surface area contributed by atoms with Crippen LogP contribution in [0.5, 0.6) is 0 Å². The molecule has 1 aromatic heterocycles. The number of aryl methyl sites for hydroxylation is 2. The van der Waals surface area contributed by atoms with Crippen LogP contribution in [0.15, 0.2) is 65.2 Å². The van der Waals surface area contributed by atoms with Crippen LogP contribution in [0, 0.1) is 0 Å². The number of carbonyl (C=O) groups excluding carboxylic acids is 1. The Balaban J connectivity index is 1.36. The second-order valence-electron chi connectivity index (χ2n) is 5.82. The first-order chi connectivity index (χ1) is 12.3. The Kier molecular flexibility index (Phi) is 5.93. The molecule has 128 valence electrons. The highest BCUT2D eigenvalue weighted by Crippen LogP contribution is 2.15. The van der Waals surface area contributed by atoms with Crippen molar-refractivity contribution in [1.82, 2.24) is 15.5 Å². The topological polar surface area (TPSA) is 68.0 Å². The van der Waals surface area contributed by atoms with Crippen molar-refractivity contribution in [2.45, 2.75) is 25.7 Å². The number of carbonyl (C=O) groups is 1. The lowest BCUT2D eigenvalue weighted by Crippen LogP contribution is -2.25. The summed E-state index contributed by atoms with van der Waals surface area (Å²) in [5, 5.41) is 6.92. The fourth-order valence-electron chi connectivity index (χ4n) is 2.52. The van der Waals surface area contributed by atoms with E-state index >= 15 is 0 Å². The Bertz CT molecular complexity index is 785. The first-order valence-electron chi connectivity index (χ1n) is 8.50. The van der Waals surface area contributed by atoms with Gasteiger partial charge in [-0.25, -0.2) is 0 Å². The van der Waals surface area contributed by atoms with Crippen LogP contribution in [0.4, 0.5) is 0 Å². The second kappa shape index (κ2) is 8.78. The quantitative estimate of drug-likeness (QED) is 0.641. The maximum atomic E-state index is 11.9. The molecule has 1 heterocycles. The van der Waals surface area contributed by atoms with Gasteiger partial charge in [0.1, 0.15) is 0 Å². The Morgan fingerprint density at radius 1 is 0.960 bits per heavy atom. The summed E-state index contributed by atoms with van der Waals surface area (Å²) in [5.41, 5.74) is 2.11. The molecule has 0 saturated heterocycles. The van der Waals surface area contributed by atoms with Crippen molar-refractivity contribution >= 4 is 5.91 Å². The van der Waals surface area contributed by atoms with E-state index in [1.54, 1.807) is 0 Å². The van der Waals surface area contributed by atoms with Crippen LogP contribution in [-0.4, -0.2) is 22.6 Å². The molecular weight excluding hydrogens is 314 g/mol. The maximum absolute atomic E-state index is 11.9. The van der Waals surface area contributed by atoms with E-state index in [-0.39, 0.29) is 5.91 Å². The summed E-state index contributed by atoms with van der Waals surface area (Å²) in [6.07, 6.45) is 2.69. The standard InChI is InChI=1S/C20H21N3O2/c24-18(14-13-16-8-3-1-4-9-16)21-15-7-12-19-22-20(23-25-19)17-10-5-2-6-11-17/h1-6,8-11H,7,12-15H2,(H,21,24). The third kappa shape index (κ3) is 5.28. The first kappa shape index (κ1) is 16.9. The zero-order valence-electron chi connectivity index (χ0n) is 14.0. The number of aromatic nitrogens is 2. The molecule has 0 atom stereocenters. The average molecular weight is 335 g/mol. The maximum Gasteiger partial charge on any atom is 0.227 e. The van der Waals surface area contributed by atoms with Crippen LogP contribution in [0.3, 0.4) is 0 Å². The third-order valence-corrected chi connectivity index (χ3v) is 3.87. The van der Waals surface area contributed by atoms with Crippen LogP contribution in [0.1, 0.15) is 24.3 Å². The number of hydrogen-bond donors (Lipinski definition) is 1. The van der Waals surface area contributed by atoms with Gasteiger partial charge in [0.25, 0.3) is 0 Å². The minimum atomic E-state index is 0.0688. The number of rotatable bonds is 8. The number of nitrogens with zero attached hydrogens (tertiary/aromatic N) is 2. The van der Waals surface area contributed by atoms with E-state index in [0.717, 1.165) is 18.4 Å². The highest BCUT2D eigenvalue weighted by Gasteiger charge is 2.08. The molecule has 1 N–H and O–H groups in total.